The van der Waals surface area contributed by atoms with Crippen molar-refractivity contribution in [3.63, 3.8) is 0 Å². The lowest BCUT2D eigenvalue weighted by Gasteiger charge is -2.34. The standard InChI is InChI=1S/C57H36N2O/c1-4-17-37(18-5-1)51-36-52(38-31-32-45-44-25-13-15-30-53(44)60-54(45)35-38)59-56(58-51)47-34-33-43(41-23-10-11-24-42(41)47)46-27-16-29-50-55(46)48-26-12-14-28-49(48)57(50,39-19-6-2-7-20-39)40-21-8-3-9-22-40/h1-36H. The van der Waals surface area contributed by atoms with Gasteiger partial charge in [0.05, 0.1) is 16.8 Å². The highest BCUT2D eigenvalue weighted by atomic mass is 16.3. The molecule has 12 rings (SSSR count). The molecule has 0 unspecified atom stereocenters. The van der Waals surface area contributed by atoms with Gasteiger partial charge in [-0.3, -0.25) is 0 Å². The van der Waals surface area contributed by atoms with E-state index in [1.807, 2.05) is 18.2 Å². The van der Waals surface area contributed by atoms with Crippen LogP contribution in [0.2, 0.25) is 0 Å². The Bertz CT molecular complexity index is 3380. The third-order valence-electron chi connectivity index (χ3n) is 12.4. The van der Waals surface area contributed by atoms with Gasteiger partial charge in [0.15, 0.2) is 5.82 Å². The van der Waals surface area contributed by atoms with Crippen LogP contribution < -0.4 is 0 Å². The minimum absolute atomic E-state index is 0.478. The molecule has 0 radical (unpaired) electrons. The lowest BCUT2D eigenvalue weighted by molar-refractivity contribution is 0.669. The molecule has 0 bridgehead atoms. The maximum Gasteiger partial charge on any atom is 0.161 e. The molecule has 0 saturated carbocycles. The molecule has 1 aliphatic carbocycles. The number of furan rings is 1. The Morgan fingerprint density at radius 1 is 0.333 bits per heavy atom. The second-order valence-electron chi connectivity index (χ2n) is 15.6. The van der Waals surface area contributed by atoms with Gasteiger partial charge in [-0.2, -0.15) is 0 Å². The number of benzene rings is 9. The van der Waals surface area contributed by atoms with E-state index in [-0.39, 0.29) is 0 Å². The molecular weight excluding hydrogens is 729 g/mol. The van der Waals surface area contributed by atoms with E-state index in [9.17, 15) is 0 Å². The summed E-state index contributed by atoms with van der Waals surface area (Å²) in [5.74, 6) is 0.676. The number of para-hydroxylation sites is 1. The van der Waals surface area contributed by atoms with Gasteiger partial charge < -0.3 is 4.42 Å². The first-order valence-corrected chi connectivity index (χ1v) is 20.5. The van der Waals surface area contributed by atoms with E-state index in [4.69, 9.17) is 14.4 Å². The molecule has 1 aliphatic rings. The molecule has 2 heterocycles. The number of nitrogens with zero attached hydrogens (tertiary/aromatic N) is 2. The minimum Gasteiger partial charge on any atom is -0.456 e. The summed E-state index contributed by atoms with van der Waals surface area (Å²) >= 11 is 0. The van der Waals surface area contributed by atoms with Gasteiger partial charge in [0.2, 0.25) is 0 Å². The molecule has 280 valence electrons. The van der Waals surface area contributed by atoms with Crippen molar-refractivity contribution < 1.29 is 4.42 Å². The van der Waals surface area contributed by atoms with E-state index < -0.39 is 5.41 Å². The summed E-state index contributed by atoms with van der Waals surface area (Å²) in [6.07, 6.45) is 0. The van der Waals surface area contributed by atoms with E-state index in [2.05, 4.69) is 200 Å². The fraction of sp³-hybridized carbons (Fsp3) is 0.0175. The maximum atomic E-state index is 6.33. The first-order valence-electron chi connectivity index (χ1n) is 20.5. The molecule has 0 spiro atoms. The summed E-state index contributed by atoms with van der Waals surface area (Å²) in [5.41, 5.74) is 15.9. The smallest absolute Gasteiger partial charge is 0.161 e. The van der Waals surface area contributed by atoms with Crippen LogP contribution in [0.15, 0.2) is 223 Å². The zero-order chi connectivity index (χ0) is 39.6. The summed E-state index contributed by atoms with van der Waals surface area (Å²) < 4.78 is 6.33. The maximum absolute atomic E-state index is 6.33. The van der Waals surface area contributed by atoms with Gasteiger partial charge >= 0.3 is 0 Å². The molecule has 0 atom stereocenters. The van der Waals surface area contributed by atoms with Crippen LogP contribution in [-0.4, -0.2) is 9.97 Å². The minimum atomic E-state index is -0.478. The second-order valence-corrected chi connectivity index (χ2v) is 15.6. The van der Waals surface area contributed by atoms with Crippen LogP contribution in [0.1, 0.15) is 22.3 Å². The SMILES string of the molecule is c1ccc(-c2cc(-c3ccc4c(c3)oc3ccccc34)nc(-c3ccc(-c4cccc5c4-c4ccccc4C5(c4ccccc4)c4ccccc4)c4ccccc34)n2)cc1. The summed E-state index contributed by atoms with van der Waals surface area (Å²) in [4.78, 5) is 10.6. The summed E-state index contributed by atoms with van der Waals surface area (Å²) in [6.45, 7) is 0. The van der Waals surface area contributed by atoms with Crippen LogP contribution in [0.4, 0.5) is 0 Å². The van der Waals surface area contributed by atoms with Gasteiger partial charge in [0, 0.05) is 27.5 Å². The average molecular weight is 765 g/mol. The quantitative estimate of drug-likeness (QED) is 0.169. The molecule has 0 amide bonds. The predicted octanol–water partition coefficient (Wildman–Crippen LogP) is 14.6. The van der Waals surface area contributed by atoms with Crippen molar-refractivity contribution in [1.29, 1.82) is 0 Å². The number of hydrogen-bond acceptors (Lipinski definition) is 3. The Labute approximate surface area is 347 Å². The zero-order valence-corrected chi connectivity index (χ0v) is 32.6. The summed E-state index contributed by atoms with van der Waals surface area (Å²) in [7, 11) is 0. The molecule has 9 aromatic carbocycles. The Hall–Kier alpha value is -7.88. The number of fused-ring (bicyclic) bond motifs is 7. The normalized spacial score (nSPS) is 12.8. The first kappa shape index (κ1) is 34.2. The highest BCUT2D eigenvalue weighted by Gasteiger charge is 2.46. The van der Waals surface area contributed by atoms with Gasteiger partial charge in [0.25, 0.3) is 0 Å². The van der Waals surface area contributed by atoms with Crippen LogP contribution in [0.25, 0.3) is 88.9 Å². The fourth-order valence-corrected chi connectivity index (χ4v) is 9.80. The molecule has 2 aromatic heterocycles. The molecule has 60 heavy (non-hydrogen) atoms. The number of hydrogen-bond donors (Lipinski definition) is 0. The molecule has 0 saturated heterocycles. The second kappa shape index (κ2) is 13.6. The Morgan fingerprint density at radius 3 is 1.63 bits per heavy atom. The van der Waals surface area contributed by atoms with E-state index in [0.717, 1.165) is 60.8 Å². The van der Waals surface area contributed by atoms with Crippen molar-refractivity contribution in [2.75, 3.05) is 0 Å². The molecular formula is C57H36N2O. The Kier molecular flexibility index (Phi) is 7.76. The van der Waals surface area contributed by atoms with E-state index in [1.165, 1.54) is 44.5 Å². The Morgan fingerprint density at radius 2 is 0.883 bits per heavy atom. The topological polar surface area (TPSA) is 38.9 Å². The fourth-order valence-electron chi connectivity index (χ4n) is 9.80. The summed E-state index contributed by atoms with van der Waals surface area (Å²) in [5, 5.41) is 4.45. The first-order chi connectivity index (χ1) is 29.8. The molecule has 3 heteroatoms. The van der Waals surface area contributed by atoms with E-state index >= 15 is 0 Å². The predicted molar refractivity (Wildman–Crippen MR) is 246 cm³/mol. The third-order valence-corrected chi connectivity index (χ3v) is 12.4. The van der Waals surface area contributed by atoms with Crippen molar-refractivity contribution in [1.82, 2.24) is 9.97 Å². The van der Waals surface area contributed by atoms with Crippen LogP contribution in [0, 0.1) is 0 Å². The van der Waals surface area contributed by atoms with Crippen molar-refractivity contribution in [2.24, 2.45) is 0 Å². The number of aromatic nitrogens is 2. The molecule has 0 aliphatic heterocycles. The van der Waals surface area contributed by atoms with Crippen molar-refractivity contribution in [2.45, 2.75) is 5.41 Å². The summed E-state index contributed by atoms with van der Waals surface area (Å²) in [6, 6.07) is 78.1. The van der Waals surface area contributed by atoms with Crippen LogP contribution >= 0.6 is 0 Å². The molecule has 0 N–H and O–H groups in total. The number of rotatable bonds is 6. The van der Waals surface area contributed by atoms with Gasteiger partial charge in [-0.05, 0) is 85.6 Å². The van der Waals surface area contributed by atoms with Crippen molar-refractivity contribution >= 4 is 32.7 Å². The lowest BCUT2D eigenvalue weighted by atomic mass is 9.67. The highest BCUT2D eigenvalue weighted by Crippen LogP contribution is 2.58. The molecule has 3 nitrogen and oxygen atoms in total. The van der Waals surface area contributed by atoms with E-state index in [0.29, 0.717) is 5.82 Å². The van der Waals surface area contributed by atoms with Gasteiger partial charge in [0.1, 0.15) is 11.2 Å². The largest absolute Gasteiger partial charge is 0.456 e. The molecule has 0 fully saturated rings. The van der Waals surface area contributed by atoms with Gasteiger partial charge in [-0.15, -0.1) is 0 Å². The molecule has 11 aromatic rings. The Balaban J connectivity index is 1.07. The van der Waals surface area contributed by atoms with Gasteiger partial charge in [-0.25, -0.2) is 9.97 Å². The van der Waals surface area contributed by atoms with Gasteiger partial charge in [-0.1, -0.05) is 188 Å². The third kappa shape index (κ3) is 5.16. The van der Waals surface area contributed by atoms with Crippen molar-refractivity contribution in [3.8, 4) is 56.2 Å². The lowest BCUT2D eigenvalue weighted by Crippen LogP contribution is -2.28. The monoisotopic (exact) mass is 764 g/mol. The van der Waals surface area contributed by atoms with Crippen LogP contribution in [0.5, 0.6) is 0 Å². The van der Waals surface area contributed by atoms with Crippen molar-refractivity contribution in [3.05, 3.63) is 241 Å². The average Bonchev–Trinajstić information content (AvgIpc) is 3.85. The van der Waals surface area contributed by atoms with Crippen LogP contribution in [-0.2, 0) is 5.41 Å². The zero-order valence-electron chi connectivity index (χ0n) is 32.6. The van der Waals surface area contributed by atoms with E-state index in [1.54, 1.807) is 0 Å². The van der Waals surface area contributed by atoms with Crippen LogP contribution in [0.3, 0.4) is 0 Å². The highest BCUT2D eigenvalue weighted by molar-refractivity contribution is 6.09.